The molecule has 0 saturated heterocycles. The fourth-order valence-corrected chi connectivity index (χ4v) is 7.21. The maximum Gasteiger partial charge on any atom is 0.251 e. The summed E-state index contributed by atoms with van der Waals surface area (Å²) in [5.74, 6) is 1.09. The molecule has 10 heteroatoms. The molecule has 0 radical (unpaired) electrons. The van der Waals surface area contributed by atoms with Crippen molar-refractivity contribution >= 4 is 39.9 Å². The highest BCUT2D eigenvalue weighted by Crippen LogP contribution is 2.44. The number of hydrogen-bond acceptors (Lipinski definition) is 7. The lowest BCUT2D eigenvalue weighted by Crippen LogP contribution is -2.33. The van der Waals surface area contributed by atoms with E-state index in [2.05, 4.69) is 47.7 Å². The van der Waals surface area contributed by atoms with Gasteiger partial charge in [-0.25, -0.2) is 0 Å². The van der Waals surface area contributed by atoms with Gasteiger partial charge in [0.1, 0.15) is 11.1 Å². The Bertz CT molecular complexity index is 1400. The fourth-order valence-electron chi connectivity index (χ4n) is 5.10. The van der Waals surface area contributed by atoms with E-state index in [1.165, 1.54) is 16.6 Å². The van der Waals surface area contributed by atoms with Crippen LogP contribution < -0.4 is 10.6 Å². The zero-order valence-corrected chi connectivity index (χ0v) is 25.7. The van der Waals surface area contributed by atoms with Crippen molar-refractivity contribution < 1.29 is 9.59 Å². The second-order valence-corrected chi connectivity index (χ2v) is 13.7. The number of thioether (sulfide) groups is 1. The molecule has 1 aliphatic carbocycles. The molecule has 8 nitrogen and oxygen atoms in total. The van der Waals surface area contributed by atoms with Crippen LogP contribution in [-0.2, 0) is 24.2 Å². The van der Waals surface area contributed by atoms with Crippen LogP contribution in [0.5, 0.6) is 0 Å². The van der Waals surface area contributed by atoms with Gasteiger partial charge in [-0.1, -0.05) is 64.6 Å². The summed E-state index contributed by atoms with van der Waals surface area (Å²) in [5.41, 5.74) is 2.51. The van der Waals surface area contributed by atoms with Crippen molar-refractivity contribution in [3.63, 3.8) is 0 Å². The van der Waals surface area contributed by atoms with E-state index in [0.29, 0.717) is 39.6 Å². The number of benzene rings is 1. The number of aromatic nitrogens is 3. The number of fused-ring (bicyclic) bond motifs is 1. The molecule has 2 N–H and O–H groups in total. The average molecular weight is 579 g/mol. The highest BCUT2D eigenvalue weighted by molar-refractivity contribution is 7.99. The van der Waals surface area contributed by atoms with Gasteiger partial charge in [-0.15, -0.1) is 21.5 Å². The predicted molar refractivity (Wildman–Crippen MR) is 161 cm³/mol. The van der Waals surface area contributed by atoms with Gasteiger partial charge in [0.25, 0.3) is 5.91 Å². The Labute approximate surface area is 245 Å². The Kier molecular flexibility index (Phi) is 9.37. The van der Waals surface area contributed by atoms with Gasteiger partial charge in [-0.2, -0.15) is 5.26 Å². The minimum atomic E-state index is -0.337. The third-order valence-electron chi connectivity index (χ3n) is 7.52. The van der Waals surface area contributed by atoms with Crippen LogP contribution in [0.4, 0.5) is 5.00 Å². The van der Waals surface area contributed by atoms with E-state index < -0.39 is 0 Å². The zero-order chi connectivity index (χ0) is 29.0. The number of anilines is 1. The van der Waals surface area contributed by atoms with Gasteiger partial charge < -0.3 is 15.2 Å². The van der Waals surface area contributed by atoms with E-state index >= 15 is 0 Å². The highest BCUT2D eigenvalue weighted by atomic mass is 32.2. The summed E-state index contributed by atoms with van der Waals surface area (Å²) in [6.45, 7) is 13.5. The van der Waals surface area contributed by atoms with Gasteiger partial charge in [0.15, 0.2) is 11.0 Å². The fraction of sp³-hybridized carbons (Fsp3) is 0.500. The second kappa shape index (κ2) is 12.6. The molecule has 2 amide bonds. The number of nitriles is 1. The lowest BCUT2D eigenvalue weighted by molar-refractivity contribution is -0.113. The van der Waals surface area contributed by atoms with Gasteiger partial charge in [0.05, 0.1) is 17.4 Å². The second-order valence-electron chi connectivity index (χ2n) is 11.6. The molecule has 0 aliphatic heterocycles. The molecular formula is C30H38N6O2S2. The lowest BCUT2D eigenvalue weighted by atomic mass is 9.72. The van der Waals surface area contributed by atoms with Gasteiger partial charge in [0.2, 0.25) is 5.91 Å². The molecule has 212 valence electrons. The van der Waals surface area contributed by atoms with Crippen LogP contribution in [0.15, 0.2) is 35.5 Å². The third kappa shape index (κ3) is 6.58. The number of amides is 2. The number of nitrogens with zero attached hydrogens (tertiary/aromatic N) is 4. The van der Waals surface area contributed by atoms with E-state index in [1.807, 2.05) is 43.5 Å². The first-order valence-electron chi connectivity index (χ1n) is 13.8. The molecule has 0 bridgehead atoms. The van der Waals surface area contributed by atoms with E-state index in [4.69, 9.17) is 0 Å². The number of carbonyl (C=O) groups is 2. The smallest absolute Gasteiger partial charge is 0.251 e. The number of hydrogen-bond donors (Lipinski definition) is 2. The number of rotatable bonds is 9. The lowest BCUT2D eigenvalue weighted by Gasteiger charge is -2.33. The quantitative estimate of drug-likeness (QED) is 0.291. The first kappa shape index (κ1) is 29.8. The molecule has 40 heavy (non-hydrogen) atoms. The Morgan fingerprint density at radius 2 is 1.95 bits per heavy atom. The standard InChI is InChI=1S/C30H38N6O2S2/c1-7-36-26(25(18(2)3)33-27(38)19-11-9-8-10-12-19)34-35-29(36)39-17-24(37)32-28-22(16-31)21-14-13-20(30(4,5)6)15-23(21)40-28/h8-12,18,20,25H,7,13-15,17H2,1-6H3,(H,32,37)(H,33,38)/t20-,25+/m1/s1. The zero-order valence-electron chi connectivity index (χ0n) is 24.1. The summed E-state index contributed by atoms with van der Waals surface area (Å²) < 4.78 is 1.95. The molecule has 0 fully saturated rings. The van der Waals surface area contributed by atoms with E-state index in [9.17, 15) is 14.9 Å². The molecule has 0 spiro atoms. The summed E-state index contributed by atoms with van der Waals surface area (Å²) in [4.78, 5) is 27.1. The minimum Gasteiger partial charge on any atom is -0.342 e. The molecule has 1 aliphatic rings. The number of carbonyl (C=O) groups excluding carboxylic acids is 2. The number of nitrogens with one attached hydrogen (secondary N) is 2. The Morgan fingerprint density at radius 3 is 2.58 bits per heavy atom. The summed E-state index contributed by atoms with van der Waals surface area (Å²) in [6, 6.07) is 11.1. The minimum absolute atomic E-state index is 0.0791. The van der Waals surface area contributed by atoms with Crippen LogP contribution in [-0.4, -0.2) is 32.3 Å². The van der Waals surface area contributed by atoms with Crippen molar-refractivity contribution in [2.45, 2.75) is 78.5 Å². The van der Waals surface area contributed by atoms with E-state index in [-0.39, 0.29) is 34.9 Å². The SMILES string of the molecule is CCn1c(SCC(=O)Nc2sc3c(c2C#N)CC[C@@H](C(C)(C)C)C3)nnc1[C@@H](NC(=O)c1ccccc1)C(C)C. The molecule has 2 aromatic heterocycles. The molecule has 3 aromatic rings. The Balaban J connectivity index is 1.44. The van der Waals surface area contributed by atoms with Crippen molar-refractivity contribution in [2.75, 3.05) is 11.1 Å². The topological polar surface area (TPSA) is 113 Å². The summed E-state index contributed by atoms with van der Waals surface area (Å²) >= 11 is 2.84. The largest absolute Gasteiger partial charge is 0.342 e. The normalized spacial score (nSPS) is 15.8. The Hall–Kier alpha value is -3.16. The first-order chi connectivity index (χ1) is 19.0. The monoisotopic (exact) mass is 578 g/mol. The molecule has 4 rings (SSSR count). The molecule has 0 saturated carbocycles. The van der Waals surface area contributed by atoms with Gasteiger partial charge in [-0.05, 0) is 61.1 Å². The Morgan fingerprint density at radius 1 is 1.23 bits per heavy atom. The third-order valence-corrected chi connectivity index (χ3v) is 9.65. The van der Waals surface area contributed by atoms with Crippen LogP contribution in [0.3, 0.4) is 0 Å². The van der Waals surface area contributed by atoms with E-state index in [0.717, 1.165) is 24.8 Å². The van der Waals surface area contributed by atoms with Crippen molar-refractivity contribution in [3.05, 3.63) is 57.7 Å². The van der Waals surface area contributed by atoms with Crippen molar-refractivity contribution in [1.29, 1.82) is 5.26 Å². The molecule has 2 atom stereocenters. The average Bonchev–Trinajstić information content (AvgIpc) is 3.49. The van der Waals surface area contributed by atoms with Gasteiger partial charge in [-0.3, -0.25) is 9.59 Å². The molecule has 2 heterocycles. The van der Waals surface area contributed by atoms with Crippen LogP contribution in [0.2, 0.25) is 0 Å². The summed E-state index contributed by atoms with van der Waals surface area (Å²) in [5, 5.41) is 26.0. The predicted octanol–water partition coefficient (Wildman–Crippen LogP) is 6.24. The van der Waals surface area contributed by atoms with E-state index in [1.54, 1.807) is 23.5 Å². The summed E-state index contributed by atoms with van der Waals surface area (Å²) in [7, 11) is 0. The maximum absolute atomic E-state index is 13.0. The van der Waals surface area contributed by atoms with Crippen molar-refractivity contribution in [2.24, 2.45) is 17.3 Å². The first-order valence-corrected chi connectivity index (χ1v) is 15.6. The molecular weight excluding hydrogens is 541 g/mol. The van der Waals surface area contributed by atoms with Crippen LogP contribution in [0.25, 0.3) is 0 Å². The van der Waals surface area contributed by atoms with Gasteiger partial charge >= 0.3 is 0 Å². The van der Waals surface area contributed by atoms with Gasteiger partial charge in [0, 0.05) is 17.0 Å². The summed E-state index contributed by atoms with van der Waals surface area (Å²) in [6.07, 6.45) is 2.88. The number of thiophene rings is 1. The van der Waals surface area contributed by atoms with Crippen molar-refractivity contribution in [3.8, 4) is 6.07 Å². The van der Waals surface area contributed by atoms with Crippen LogP contribution >= 0.6 is 23.1 Å². The molecule has 1 aromatic carbocycles. The van der Waals surface area contributed by atoms with Crippen LogP contribution in [0, 0.1) is 28.6 Å². The van der Waals surface area contributed by atoms with Crippen LogP contribution in [0.1, 0.15) is 86.2 Å². The highest BCUT2D eigenvalue weighted by Gasteiger charge is 2.32. The van der Waals surface area contributed by atoms with Crippen molar-refractivity contribution in [1.82, 2.24) is 20.1 Å². The molecule has 0 unspecified atom stereocenters. The maximum atomic E-state index is 13.0.